The van der Waals surface area contributed by atoms with Crippen LogP contribution >= 0.6 is 15.9 Å². The van der Waals surface area contributed by atoms with E-state index in [1.165, 1.54) is 0 Å². The molecule has 3 rings (SSSR count). The first-order chi connectivity index (χ1) is 9.66. The number of fused-ring (bicyclic) bond motifs is 1. The van der Waals surface area contributed by atoms with Crippen LogP contribution in [0.5, 0.6) is 0 Å². The second kappa shape index (κ2) is 4.93. The number of anilines is 2. The molecule has 2 heterocycles. The maximum Gasteiger partial charge on any atom is 0.272 e. The molecular formula is C13H9BrN4O2. The van der Waals surface area contributed by atoms with Gasteiger partial charge in [-0.25, -0.2) is 0 Å². The van der Waals surface area contributed by atoms with Crippen molar-refractivity contribution in [2.75, 3.05) is 5.32 Å². The van der Waals surface area contributed by atoms with Crippen LogP contribution in [0.2, 0.25) is 0 Å². The molecular weight excluding hydrogens is 324 g/mol. The predicted octanol–water partition coefficient (Wildman–Crippen LogP) is 2.12. The second-order valence-electron chi connectivity index (χ2n) is 4.12. The molecule has 0 bridgehead atoms. The van der Waals surface area contributed by atoms with E-state index >= 15 is 0 Å². The molecule has 6 nitrogen and oxygen atoms in total. The summed E-state index contributed by atoms with van der Waals surface area (Å²) in [6.07, 6.45) is 3.28. The van der Waals surface area contributed by atoms with Gasteiger partial charge in [-0.1, -0.05) is 6.07 Å². The number of halogens is 1. The van der Waals surface area contributed by atoms with E-state index in [1.807, 2.05) is 0 Å². The summed E-state index contributed by atoms with van der Waals surface area (Å²) >= 11 is 3.37. The van der Waals surface area contributed by atoms with Crippen LogP contribution in [0.25, 0.3) is 10.8 Å². The van der Waals surface area contributed by atoms with Crippen molar-refractivity contribution in [1.29, 1.82) is 0 Å². The van der Waals surface area contributed by atoms with E-state index in [2.05, 4.69) is 36.4 Å². The molecule has 0 atom stereocenters. The van der Waals surface area contributed by atoms with Gasteiger partial charge >= 0.3 is 0 Å². The van der Waals surface area contributed by atoms with Crippen molar-refractivity contribution in [3.05, 3.63) is 61.8 Å². The van der Waals surface area contributed by atoms with Crippen LogP contribution in [0.1, 0.15) is 0 Å². The van der Waals surface area contributed by atoms with Crippen LogP contribution in [0.15, 0.2) is 50.7 Å². The molecule has 3 aromatic rings. The van der Waals surface area contributed by atoms with E-state index in [0.29, 0.717) is 16.5 Å². The summed E-state index contributed by atoms with van der Waals surface area (Å²) in [5, 5.41) is 8.41. The normalized spacial score (nSPS) is 10.7. The average molecular weight is 333 g/mol. The molecule has 0 amide bonds. The first-order valence-corrected chi connectivity index (χ1v) is 6.56. The number of pyridine rings is 1. The minimum atomic E-state index is -0.354. The van der Waals surface area contributed by atoms with E-state index in [1.54, 1.807) is 36.7 Å². The lowest BCUT2D eigenvalue weighted by molar-refractivity contribution is 0.977. The Balaban J connectivity index is 2.23. The molecule has 7 heteroatoms. The fraction of sp³-hybridized carbons (Fsp3) is 0. The van der Waals surface area contributed by atoms with Gasteiger partial charge in [0.15, 0.2) is 0 Å². The average Bonchev–Trinajstić information content (AvgIpc) is 2.45. The maximum atomic E-state index is 11.9. The zero-order valence-corrected chi connectivity index (χ0v) is 11.7. The SMILES string of the molecule is O=c1[nH][nH]c(=O)c2c(Nc3ccncc3Br)cccc12. The van der Waals surface area contributed by atoms with E-state index in [-0.39, 0.29) is 11.1 Å². The zero-order chi connectivity index (χ0) is 14.1. The van der Waals surface area contributed by atoms with Crippen LogP contribution in [0.3, 0.4) is 0 Å². The minimum Gasteiger partial charge on any atom is -0.354 e. The second-order valence-corrected chi connectivity index (χ2v) is 4.97. The Morgan fingerprint density at radius 3 is 2.65 bits per heavy atom. The van der Waals surface area contributed by atoms with Crippen molar-refractivity contribution in [3.8, 4) is 0 Å². The molecule has 2 aromatic heterocycles. The van der Waals surface area contributed by atoms with Gasteiger partial charge in [0.25, 0.3) is 11.1 Å². The molecule has 3 N–H and O–H groups in total. The Hall–Kier alpha value is -2.41. The summed E-state index contributed by atoms with van der Waals surface area (Å²) < 4.78 is 0.762. The molecule has 0 aliphatic heterocycles. The Morgan fingerprint density at radius 2 is 1.85 bits per heavy atom. The molecule has 20 heavy (non-hydrogen) atoms. The van der Waals surface area contributed by atoms with E-state index in [4.69, 9.17) is 0 Å². The maximum absolute atomic E-state index is 11.9. The molecule has 100 valence electrons. The number of H-pyrrole nitrogens is 2. The first-order valence-electron chi connectivity index (χ1n) is 5.77. The van der Waals surface area contributed by atoms with Gasteiger partial charge < -0.3 is 5.32 Å². The number of hydrogen-bond acceptors (Lipinski definition) is 4. The zero-order valence-electron chi connectivity index (χ0n) is 10.1. The van der Waals surface area contributed by atoms with Gasteiger partial charge in [0.1, 0.15) is 0 Å². The van der Waals surface area contributed by atoms with Gasteiger partial charge in [-0.15, -0.1) is 0 Å². The summed E-state index contributed by atoms with van der Waals surface area (Å²) in [5.74, 6) is 0. The largest absolute Gasteiger partial charge is 0.354 e. The van der Waals surface area contributed by atoms with E-state index in [9.17, 15) is 9.59 Å². The molecule has 0 aliphatic rings. The highest BCUT2D eigenvalue weighted by molar-refractivity contribution is 9.10. The number of benzene rings is 1. The van der Waals surface area contributed by atoms with Gasteiger partial charge in [0.2, 0.25) is 0 Å². The molecule has 0 aliphatic carbocycles. The fourth-order valence-corrected chi connectivity index (χ4v) is 2.30. The third kappa shape index (κ3) is 2.12. The Kier molecular flexibility index (Phi) is 3.11. The standard InChI is InChI=1S/C13H9BrN4O2/c14-8-6-15-5-4-9(8)16-10-3-1-2-7-11(10)13(20)18-17-12(7)19/h1-6H,(H,15,16)(H,17,19)(H,18,20). The summed E-state index contributed by atoms with van der Waals surface area (Å²) in [6.45, 7) is 0. The highest BCUT2D eigenvalue weighted by atomic mass is 79.9. The lowest BCUT2D eigenvalue weighted by atomic mass is 10.1. The summed E-state index contributed by atoms with van der Waals surface area (Å²) in [5.41, 5.74) is 0.624. The number of nitrogens with zero attached hydrogens (tertiary/aromatic N) is 1. The fourth-order valence-electron chi connectivity index (χ4n) is 1.96. The third-order valence-corrected chi connectivity index (χ3v) is 3.50. The Labute approximate surface area is 121 Å². The van der Waals surface area contributed by atoms with Crippen molar-refractivity contribution < 1.29 is 0 Å². The first kappa shape index (κ1) is 12.6. The van der Waals surface area contributed by atoms with Gasteiger partial charge in [0, 0.05) is 12.4 Å². The Bertz CT molecular complexity index is 901. The number of hydrogen-bond donors (Lipinski definition) is 3. The van der Waals surface area contributed by atoms with Crippen LogP contribution < -0.4 is 16.4 Å². The van der Waals surface area contributed by atoms with Gasteiger partial charge in [-0.05, 0) is 34.1 Å². The number of rotatable bonds is 2. The lowest BCUT2D eigenvalue weighted by Gasteiger charge is -2.09. The van der Waals surface area contributed by atoms with E-state index in [0.717, 1.165) is 10.2 Å². The van der Waals surface area contributed by atoms with Gasteiger partial charge in [0.05, 0.1) is 26.6 Å². The van der Waals surface area contributed by atoms with Crippen molar-refractivity contribution in [3.63, 3.8) is 0 Å². The summed E-state index contributed by atoms with van der Waals surface area (Å²) in [4.78, 5) is 27.6. The van der Waals surface area contributed by atoms with Crippen molar-refractivity contribution >= 4 is 38.1 Å². The lowest BCUT2D eigenvalue weighted by Crippen LogP contribution is -2.19. The molecule has 0 radical (unpaired) electrons. The van der Waals surface area contributed by atoms with Crippen LogP contribution in [0, 0.1) is 0 Å². The molecule has 0 saturated heterocycles. The minimum absolute atomic E-state index is 0.319. The van der Waals surface area contributed by atoms with Crippen molar-refractivity contribution in [2.24, 2.45) is 0 Å². The van der Waals surface area contributed by atoms with Crippen LogP contribution in [-0.2, 0) is 0 Å². The summed E-state index contributed by atoms with van der Waals surface area (Å²) in [7, 11) is 0. The number of aromatic nitrogens is 3. The van der Waals surface area contributed by atoms with Gasteiger partial charge in [-0.2, -0.15) is 0 Å². The third-order valence-electron chi connectivity index (χ3n) is 2.87. The highest BCUT2D eigenvalue weighted by Crippen LogP contribution is 2.26. The van der Waals surface area contributed by atoms with Crippen molar-refractivity contribution in [2.45, 2.75) is 0 Å². The van der Waals surface area contributed by atoms with Crippen LogP contribution in [-0.4, -0.2) is 15.2 Å². The molecule has 0 unspecified atom stereocenters. The number of nitrogens with one attached hydrogen (secondary N) is 3. The smallest absolute Gasteiger partial charge is 0.272 e. The van der Waals surface area contributed by atoms with E-state index < -0.39 is 0 Å². The quantitative estimate of drug-likeness (QED) is 0.670. The number of aromatic amines is 2. The molecule has 0 saturated carbocycles. The monoisotopic (exact) mass is 332 g/mol. The highest BCUT2D eigenvalue weighted by Gasteiger charge is 2.09. The Morgan fingerprint density at radius 1 is 1.05 bits per heavy atom. The predicted molar refractivity (Wildman–Crippen MR) is 80.4 cm³/mol. The topological polar surface area (TPSA) is 90.6 Å². The molecule has 1 aromatic carbocycles. The summed E-state index contributed by atoms with van der Waals surface area (Å²) in [6, 6.07) is 6.83. The molecule has 0 spiro atoms. The molecule has 0 fully saturated rings. The van der Waals surface area contributed by atoms with Crippen LogP contribution in [0.4, 0.5) is 11.4 Å². The van der Waals surface area contributed by atoms with Crippen molar-refractivity contribution in [1.82, 2.24) is 15.2 Å². The van der Waals surface area contributed by atoms with Gasteiger partial charge in [-0.3, -0.25) is 24.8 Å².